The van der Waals surface area contributed by atoms with Gasteiger partial charge in [-0.1, -0.05) is 11.6 Å². The minimum atomic E-state index is -0.212. The van der Waals surface area contributed by atoms with E-state index in [2.05, 4.69) is 25.1 Å². The van der Waals surface area contributed by atoms with E-state index in [0.29, 0.717) is 11.0 Å². The lowest BCUT2D eigenvalue weighted by atomic mass is 10.2. The molecule has 2 heterocycles. The molecule has 0 unspecified atom stereocenters. The van der Waals surface area contributed by atoms with Gasteiger partial charge in [0.2, 0.25) is 5.95 Å². The Morgan fingerprint density at radius 1 is 0.852 bits per heavy atom. The van der Waals surface area contributed by atoms with E-state index in [4.69, 9.17) is 11.6 Å². The Labute approximate surface area is 162 Å². The van der Waals surface area contributed by atoms with Gasteiger partial charge >= 0.3 is 0 Å². The predicted molar refractivity (Wildman–Crippen MR) is 108 cm³/mol. The first-order chi connectivity index (χ1) is 13.2. The molecule has 0 atom stereocenters. The number of benzene rings is 2. The molecular weight excluding hydrogens is 365 g/mol. The molecule has 0 spiro atoms. The average Bonchev–Trinajstić information content (AvgIpc) is 2.71. The maximum atomic E-state index is 13.1. The molecule has 27 heavy (non-hydrogen) atoms. The summed E-state index contributed by atoms with van der Waals surface area (Å²) in [6.07, 6.45) is 1.76. The summed E-state index contributed by atoms with van der Waals surface area (Å²) in [7, 11) is 0. The Kier molecular flexibility index (Phi) is 5.07. The maximum absolute atomic E-state index is 13.1. The summed E-state index contributed by atoms with van der Waals surface area (Å²) < 4.78 is 13.1. The second kappa shape index (κ2) is 7.80. The number of rotatable bonds is 4. The number of piperazine rings is 1. The van der Waals surface area contributed by atoms with Gasteiger partial charge < -0.3 is 15.1 Å². The minimum Gasteiger partial charge on any atom is -0.368 e. The van der Waals surface area contributed by atoms with E-state index >= 15 is 0 Å². The zero-order chi connectivity index (χ0) is 18.6. The van der Waals surface area contributed by atoms with Crippen LogP contribution in [0, 0.1) is 5.82 Å². The van der Waals surface area contributed by atoms with Crippen LogP contribution in [-0.4, -0.2) is 36.1 Å². The molecule has 1 aliphatic heterocycles. The highest BCUT2D eigenvalue weighted by Gasteiger charge is 2.19. The van der Waals surface area contributed by atoms with E-state index in [1.807, 2.05) is 42.5 Å². The van der Waals surface area contributed by atoms with Gasteiger partial charge in [0, 0.05) is 48.8 Å². The molecular formula is C20H19ClFN5. The molecule has 4 rings (SSSR count). The van der Waals surface area contributed by atoms with Crippen molar-refractivity contribution in [3.05, 3.63) is 71.6 Å². The zero-order valence-corrected chi connectivity index (χ0v) is 15.4. The summed E-state index contributed by atoms with van der Waals surface area (Å²) in [5.41, 5.74) is 1.96. The van der Waals surface area contributed by atoms with E-state index in [9.17, 15) is 4.39 Å². The Hall–Kier alpha value is -2.86. The molecule has 7 heteroatoms. The Morgan fingerprint density at radius 3 is 2.22 bits per heavy atom. The van der Waals surface area contributed by atoms with Crippen molar-refractivity contribution in [2.45, 2.75) is 0 Å². The summed E-state index contributed by atoms with van der Waals surface area (Å²) in [5, 5.41) is 3.97. The highest BCUT2D eigenvalue weighted by molar-refractivity contribution is 6.30. The first-order valence-corrected chi connectivity index (χ1v) is 9.16. The Morgan fingerprint density at radius 2 is 1.52 bits per heavy atom. The van der Waals surface area contributed by atoms with E-state index in [0.717, 1.165) is 43.4 Å². The number of anilines is 4. The largest absolute Gasteiger partial charge is 0.368 e. The fraction of sp³-hybridized carbons (Fsp3) is 0.200. The highest BCUT2D eigenvalue weighted by Crippen LogP contribution is 2.21. The Balaban J connectivity index is 1.41. The van der Waals surface area contributed by atoms with Gasteiger partial charge in [-0.15, -0.1) is 0 Å². The third-order valence-electron chi connectivity index (χ3n) is 4.51. The van der Waals surface area contributed by atoms with Crippen LogP contribution < -0.4 is 15.1 Å². The summed E-state index contributed by atoms with van der Waals surface area (Å²) in [6.45, 7) is 3.29. The lowest BCUT2D eigenvalue weighted by Crippen LogP contribution is -2.47. The molecule has 138 valence electrons. The van der Waals surface area contributed by atoms with Crippen molar-refractivity contribution >= 4 is 34.7 Å². The van der Waals surface area contributed by atoms with Crippen molar-refractivity contribution in [1.29, 1.82) is 0 Å². The van der Waals surface area contributed by atoms with Gasteiger partial charge in [-0.25, -0.2) is 9.37 Å². The second-order valence-corrected chi connectivity index (χ2v) is 6.76. The predicted octanol–water partition coefficient (Wildman–Crippen LogP) is 4.34. The number of nitrogens with zero attached hydrogens (tertiary/aromatic N) is 4. The standard InChI is InChI=1S/C20H19ClFN5/c21-15-1-5-17(6-2-15)24-19-9-10-23-20(25-19)27-13-11-26(12-14-27)18-7-3-16(22)4-8-18/h1-10H,11-14H2,(H,23,24,25). The minimum absolute atomic E-state index is 0.212. The first-order valence-electron chi connectivity index (χ1n) is 8.78. The van der Waals surface area contributed by atoms with E-state index in [-0.39, 0.29) is 5.82 Å². The summed E-state index contributed by atoms with van der Waals surface area (Å²) in [6, 6.07) is 16.0. The van der Waals surface area contributed by atoms with Gasteiger partial charge in [0.15, 0.2) is 0 Å². The van der Waals surface area contributed by atoms with Crippen LogP contribution in [0.2, 0.25) is 5.02 Å². The quantitative estimate of drug-likeness (QED) is 0.726. The van der Waals surface area contributed by atoms with E-state index in [1.165, 1.54) is 12.1 Å². The lowest BCUT2D eigenvalue weighted by molar-refractivity contribution is 0.623. The van der Waals surface area contributed by atoms with Gasteiger partial charge in [0.1, 0.15) is 11.6 Å². The molecule has 0 saturated carbocycles. The molecule has 0 amide bonds. The molecule has 0 aliphatic carbocycles. The van der Waals surface area contributed by atoms with Gasteiger partial charge in [0.05, 0.1) is 0 Å². The molecule has 1 aliphatic rings. The monoisotopic (exact) mass is 383 g/mol. The number of hydrogen-bond donors (Lipinski definition) is 1. The van der Waals surface area contributed by atoms with Crippen LogP contribution in [0.4, 0.5) is 27.5 Å². The fourth-order valence-electron chi connectivity index (χ4n) is 3.07. The number of nitrogens with one attached hydrogen (secondary N) is 1. The molecule has 0 radical (unpaired) electrons. The molecule has 1 saturated heterocycles. The fourth-order valence-corrected chi connectivity index (χ4v) is 3.19. The van der Waals surface area contributed by atoms with E-state index < -0.39 is 0 Å². The lowest BCUT2D eigenvalue weighted by Gasteiger charge is -2.36. The molecule has 5 nitrogen and oxygen atoms in total. The Bertz CT molecular complexity index is 893. The van der Waals surface area contributed by atoms with Gasteiger partial charge in [-0.2, -0.15) is 4.98 Å². The third kappa shape index (κ3) is 4.28. The first kappa shape index (κ1) is 17.5. The van der Waals surface area contributed by atoms with Crippen molar-refractivity contribution in [2.24, 2.45) is 0 Å². The molecule has 0 bridgehead atoms. The number of hydrogen-bond acceptors (Lipinski definition) is 5. The average molecular weight is 384 g/mol. The van der Waals surface area contributed by atoms with Crippen LogP contribution in [-0.2, 0) is 0 Å². The van der Waals surface area contributed by atoms with Crippen molar-refractivity contribution in [3.63, 3.8) is 0 Å². The van der Waals surface area contributed by atoms with Crippen LogP contribution in [0.1, 0.15) is 0 Å². The van der Waals surface area contributed by atoms with Gasteiger partial charge in [-0.3, -0.25) is 0 Å². The molecule has 1 aromatic heterocycles. The normalized spacial score (nSPS) is 14.3. The topological polar surface area (TPSA) is 44.3 Å². The molecule has 3 aromatic rings. The molecule has 1 fully saturated rings. The van der Waals surface area contributed by atoms with Crippen molar-refractivity contribution in [1.82, 2.24) is 9.97 Å². The van der Waals surface area contributed by atoms with Crippen molar-refractivity contribution in [3.8, 4) is 0 Å². The summed E-state index contributed by atoms with van der Waals surface area (Å²) in [5.74, 6) is 1.23. The van der Waals surface area contributed by atoms with Crippen molar-refractivity contribution in [2.75, 3.05) is 41.3 Å². The van der Waals surface area contributed by atoms with Crippen LogP contribution in [0.25, 0.3) is 0 Å². The SMILES string of the molecule is Fc1ccc(N2CCN(c3nccc(Nc4ccc(Cl)cc4)n3)CC2)cc1. The third-order valence-corrected chi connectivity index (χ3v) is 4.77. The van der Waals surface area contributed by atoms with Crippen LogP contribution in [0.15, 0.2) is 60.8 Å². The molecule has 1 N–H and O–H groups in total. The van der Waals surface area contributed by atoms with Gasteiger partial charge in [0.25, 0.3) is 0 Å². The van der Waals surface area contributed by atoms with Crippen LogP contribution >= 0.6 is 11.6 Å². The highest BCUT2D eigenvalue weighted by atomic mass is 35.5. The van der Waals surface area contributed by atoms with Crippen LogP contribution in [0.5, 0.6) is 0 Å². The maximum Gasteiger partial charge on any atom is 0.227 e. The van der Waals surface area contributed by atoms with Gasteiger partial charge in [-0.05, 0) is 54.6 Å². The zero-order valence-electron chi connectivity index (χ0n) is 14.6. The van der Waals surface area contributed by atoms with Crippen molar-refractivity contribution < 1.29 is 4.39 Å². The summed E-state index contributed by atoms with van der Waals surface area (Å²) in [4.78, 5) is 13.4. The van der Waals surface area contributed by atoms with E-state index in [1.54, 1.807) is 6.20 Å². The molecule has 2 aromatic carbocycles. The number of aromatic nitrogens is 2. The number of halogens is 2. The smallest absolute Gasteiger partial charge is 0.227 e. The van der Waals surface area contributed by atoms with Crippen LogP contribution in [0.3, 0.4) is 0 Å². The summed E-state index contributed by atoms with van der Waals surface area (Å²) >= 11 is 5.92. The second-order valence-electron chi connectivity index (χ2n) is 6.32.